The van der Waals surface area contributed by atoms with Crippen LogP contribution >= 0.6 is 11.8 Å². The molecular formula is C12H19NO7S. The lowest BCUT2D eigenvalue weighted by atomic mass is 10.2. The van der Waals surface area contributed by atoms with Crippen molar-refractivity contribution >= 4 is 34.9 Å². The second-order valence-corrected chi connectivity index (χ2v) is 5.60. The highest BCUT2D eigenvalue weighted by Crippen LogP contribution is 2.06. The minimum atomic E-state index is -1.30. The van der Waals surface area contributed by atoms with E-state index in [0.29, 0.717) is 0 Å². The first kappa shape index (κ1) is 19.2. The molecule has 0 fully saturated rings. The summed E-state index contributed by atoms with van der Waals surface area (Å²) in [4.78, 5) is 44.5. The van der Waals surface area contributed by atoms with Gasteiger partial charge >= 0.3 is 18.0 Å². The van der Waals surface area contributed by atoms with Crippen LogP contribution < -0.4 is 5.32 Å². The van der Waals surface area contributed by atoms with E-state index in [1.807, 2.05) is 0 Å². The highest BCUT2D eigenvalue weighted by molar-refractivity contribution is 8.13. The fraction of sp³-hybridized carbons (Fsp3) is 0.667. The number of carbonyl (C=O) groups is 4. The third kappa shape index (κ3) is 8.90. The second kappa shape index (κ2) is 9.22. The Morgan fingerprint density at radius 2 is 1.71 bits per heavy atom. The van der Waals surface area contributed by atoms with Crippen LogP contribution in [0.15, 0.2) is 0 Å². The predicted octanol–water partition coefficient (Wildman–Crippen LogP) is 0.991. The Bertz CT molecular complexity index is 410. The van der Waals surface area contributed by atoms with E-state index in [2.05, 4.69) is 5.32 Å². The predicted molar refractivity (Wildman–Crippen MR) is 74.6 cm³/mol. The lowest BCUT2D eigenvalue weighted by Gasteiger charge is -2.18. The molecule has 0 aromatic rings. The van der Waals surface area contributed by atoms with Crippen molar-refractivity contribution in [3.05, 3.63) is 0 Å². The highest BCUT2D eigenvalue weighted by Gasteiger charge is 2.23. The monoisotopic (exact) mass is 321 g/mol. The lowest BCUT2D eigenvalue weighted by Crippen LogP contribution is -2.44. The number of nitrogens with one attached hydrogen (secondary N) is 1. The maximum atomic E-state index is 11.5. The van der Waals surface area contributed by atoms with Crippen molar-refractivity contribution in [1.29, 1.82) is 0 Å². The molecule has 120 valence electrons. The number of esters is 1. The van der Waals surface area contributed by atoms with Crippen molar-refractivity contribution in [2.24, 2.45) is 5.92 Å². The molecule has 8 nitrogen and oxygen atoms in total. The molecule has 2 unspecified atom stereocenters. The van der Waals surface area contributed by atoms with Gasteiger partial charge in [0.25, 0.3) is 0 Å². The molecule has 21 heavy (non-hydrogen) atoms. The fourth-order valence-corrected chi connectivity index (χ4v) is 1.65. The van der Waals surface area contributed by atoms with Crippen LogP contribution in [0.1, 0.15) is 27.7 Å². The van der Waals surface area contributed by atoms with E-state index in [0.717, 1.165) is 11.8 Å². The Morgan fingerprint density at radius 1 is 1.14 bits per heavy atom. The van der Waals surface area contributed by atoms with Crippen LogP contribution in [0.3, 0.4) is 0 Å². The minimum absolute atomic E-state index is 0.125. The molecular weight excluding hydrogens is 302 g/mol. The lowest BCUT2D eigenvalue weighted by molar-refractivity contribution is -0.169. The molecule has 9 heteroatoms. The number of alkyl carbamates (subject to hydrolysis) is 1. The van der Waals surface area contributed by atoms with Crippen molar-refractivity contribution in [1.82, 2.24) is 5.32 Å². The number of thioether (sulfide) groups is 1. The molecule has 0 bridgehead atoms. The van der Waals surface area contributed by atoms with Crippen molar-refractivity contribution in [3.63, 3.8) is 0 Å². The Morgan fingerprint density at radius 3 is 2.14 bits per heavy atom. The van der Waals surface area contributed by atoms with Crippen LogP contribution in [0.4, 0.5) is 4.79 Å². The molecule has 1 amide bonds. The van der Waals surface area contributed by atoms with Crippen LogP contribution in [-0.4, -0.2) is 46.3 Å². The van der Waals surface area contributed by atoms with E-state index in [1.165, 1.54) is 13.8 Å². The summed E-state index contributed by atoms with van der Waals surface area (Å²) in [6.07, 6.45) is -2.19. The molecule has 0 aliphatic carbocycles. The maximum Gasteiger partial charge on any atom is 0.410 e. The van der Waals surface area contributed by atoms with Gasteiger partial charge in [-0.25, -0.2) is 9.59 Å². The van der Waals surface area contributed by atoms with E-state index in [4.69, 9.17) is 14.6 Å². The van der Waals surface area contributed by atoms with Gasteiger partial charge in [0.1, 0.15) is 6.04 Å². The molecule has 0 aromatic heterocycles. The summed E-state index contributed by atoms with van der Waals surface area (Å²) in [6.45, 7) is 5.86. The number of hydrogen-bond acceptors (Lipinski definition) is 7. The molecule has 0 heterocycles. The van der Waals surface area contributed by atoms with Crippen molar-refractivity contribution in [2.75, 3.05) is 5.75 Å². The molecule has 2 N–H and O–H groups in total. The average Bonchev–Trinajstić information content (AvgIpc) is 2.33. The summed E-state index contributed by atoms with van der Waals surface area (Å²) < 4.78 is 9.50. The van der Waals surface area contributed by atoms with Crippen LogP contribution in [0.5, 0.6) is 0 Å². The largest absolute Gasteiger partial charge is 0.480 e. The third-order valence-corrected chi connectivity index (χ3v) is 2.98. The van der Waals surface area contributed by atoms with Crippen molar-refractivity contribution in [3.8, 4) is 0 Å². The Kier molecular flexibility index (Phi) is 8.44. The Balaban J connectivity index is 4.33. The number of amides is 1. The van der Waals surface area contributed by atoms with Crippen LogP contribution in [-0.2, 0) is 23.9 Å². The zero-order valence-electron chi connectivity index (χ0n) is 12.2. The van der Waals surface area contributed by atoms with Gasteiger partial charge in [-0.1, -0.05) is 25.6 Å². The first-order valence-electron chi connectivity index (χ1n) is 6.17. The van der Waals surface area contributed by atoms with Gasteiger partial charge in [-0.2, -0.15) is 0 Å². The zero-order chi connectivity index (χ0) is 16.6. The standard InChI is InChI=1S/C12H19NO7S/c1-6(2)11(17)19-8(4)20-12(18)13-9(10(15)16)5-21-7(3)14/h6,8-9H,5H2,1-4H3,(H,13,18)(H,15,16). The quantitative estimate of drug-likeness (QED) is 0.526. The molecule has 0 aliphatic heterocycles. The second-order valence-electron chi connectivity index (χ2n) is 4.40. The first-order chi connectivity index (χ1) is 9.63. The van der Waals surface area contributed by atoms with Crippen LogP contribution in [0, 0.1) is 5.92 Å². The Hall–Kier alpha value is -1.77. The van der Waals surface area contributed by atoms with Crippen LogP contribution in [0.25, 0.3) is 0 Å². The topological polar surface area (TPSA) is 119 Å². The minimum Gasteiger partial charge on any atom is -0.480 e. The van der Waals surface area contributed by atoms with E-state index < -0.39 is 30.4 Å². The summed E-state index contributed by atoms with van der Waals surface area (Å²) >= 11 is 0.768. The summed E-state index contributed by atoms with van der Waals surface area (Å²) in [6, 6.07) is -1.28. The SMILES string of the molecule is CC(=O)SCC(NC(=O)OC(C)OC(=O)C(C)C)C(=O)O. The number of aliphatic carboxylic acids is 1. The maximum absolute atomic E-state index is 11.5. The molecule has 2 atom stereocenters. The van der Waals surface area contributed by atoms with Gasteiger partial charge in [0.05, 0.1) is 5.92 Å². The summed E-state index contributed by atoms with van der Waals surface area (Å²) in [7, 11) is 0. The molecule has 0 rings (SSSR count). The average molecular weight is 321 g/mol. The van der Waals surface area contributed by atoms with Gasteiger partial charge in [0.15, 0.2) is 5.12 Å². The number of rotatable bonds is 7. The molecule has 0 spiro atoms. The van der Waals surface area contributed by atoms with Crippen LogP contribution in [0.2, 0.25) is 0 Å². The van der Waals surface area contributed by atoms with Gasteiger partial charge in [-0.05, 0) is 0 Å². The van der Waals surface area contributed by atoms with Gasteiger partial charge < -0.3 is 19.9 Å². The number of carboxylic acids is 1. The van der Waals surface area contributed by atoms with Crippen molar-refractivity contribution in [2.45, 2.75) is 40.0 Å². The molecule has 0 aromatic carbocycles. The molecule has 0 radical (unpaired) electrons. The fourth-order valence-electron chi connectivity index (χ4n) is 1.03. The Labute approximate surface area is 126 Å². The zero-order valence-corrected chi connectivity index (χ0v) is 13.1. The van der Waals surface area contributed by atoms with E-state index >= 15 is 0 Å². The molecule has 0 aliphatic rings. The smallest absolute Gasteiger partial charge is 0.410 e. The highest BCUT2D eigenvalue weighted by atomic mass is 32.2. The number of carboxylic acid groups (broad SMARTS) is 1. The molecule has 0 saturated heterocycles. The normalized spacial score (nSPS) is 13.2. The number of carbonyl (C=O) groups excluding carboxylic acids is 3. The van der Waals surface area contributed by atoms with Gasteiger partial charge in [-0.3, -0.25) is 9.59 Å². The number of ether oxygens (including phenoxy) is 2. The van der Waals surface area contributed by atoms with E-state index in [9.17, 15) is 19.2 Å². The van der Waals surface area contributed by atoms with E-state index in [-0.39, 0.29) is 16.8 Å². The molecule has 0 saturated carbocycles. The summed E-state index contributed by atoms with van der Waals surface area (Å²) in [5, 5.41) is 10.7. The summed E-state index contributed by atoms with van der Waals surface area (Å²) in [5.41, 5.74) is 0. The first-order valence-corrected chi connectivity index (χ1v) is 7.15. The van der Waals surface area contributed by atoms with Gasteiger partial charge in [0, 0.05) is 19.6 Å². The number of hydrogen-bond donors (Lipinski definition) is 2. The third-order valence-electron chi connectivity index (χ3n) is 2.07. The summed E-state index contributed by atoms with van der Waals surface area (Å²) in [5.74, 6) is -2.34. The van der Waals surface area contributed by atoms with E-state index in [1.54, 1.807) is 13.8 Å². The van der Waals surface area contributed by atoms with Gasteiger partial charge in [0.2, 0.25) is 6.29 Å². The van der Waals surface area contributed by atoms with Gasteiger partial charge in [-0.15, -0.1) is 0 Å². The van der Waals surface area contributed by atoms with Crippen molar-refractivity contribution < 1.29 is 33.8 Å².